The molecule has 0 unspecified atom stereocenters. The van der Waals surface area contributed by atoms with E-state index in [4.69, 9.17) is 4.74 Å². The summed E-state index contributed by atoms with van der Waals surface area (Å²) in [4.78, 5) is 0.352. The van der Waals surface area contributed by atoms with Crippen LogP contribution in [-0.2, 0) is 37.6 Å². The molecule has 0 N–H and O–H groups in total. The second kappa shape index (κ2) is 7.05. The monoisotopic (exact) mass is 428 g/mol. The largest absolute Gasteiger partial charge is 0.384 e. The summed E-state index contributed by atoms with van der Waals surface area (Å²) in [6.45, 7) is 1.90. The molecule has 9 heteroatoms. The SMILES string of the molecule is COC[C@@]12CCN(S(=O)(=O)c3ccc4c(c3)CCC4)C[C@@H]1CN(S(C)(=O)=O)C2. The summed E-state index contributed by atoms with van der Waals surface area (Å²) in [5.74, 6) is -0.0693. The van der Waals surface area contributed by atoms with Gasteiger partial charge in [0, 0.05) is 38.7 Å². The van der Waals surface area contributed by atoms with Crippen molar-refractivity contribution in [3.05, 3.63) is 29.3 Å². The van der Waals surface area contributed by atoms with Gasteiger partial charge in [-0.1, -0.05) is 6.07 Å². The molecule has 2 saturated heterocycles. The number of aryl methyl sites for hydroxylation is 2. The first kappa shape index (κ1) is 20.3. The molecular weight excluding hydrogens is 400 g/mol. The van der Waals surface area contributed by atoms with Crippen LogP contribution in [0.2, 0.25) is 0 Å². The lowest BCUT2D eigenvalue weighted by Gasteiger charge is -2.42. The van der Waals surface area contributed by atoms with Gasteiger partial charge in [-0.25, -0.2) is 21.1 Å². The Labute approximate surface area is 167 Å². The molecule has 2 atom stereocenters. The van der Waals surface area contributed by atoms with E-state index >= 15 is 0 Å². The molecule has 0 saturated carbocycles. The van der Waals surface area contributed by atoms with Gasteiger partial charge in [0.2, 0.25) is 20.0 Å². The number of hydrogen-bond donors (Lipinski definition) is 0. The number of fused-ring (bicyclic) bond motifs is 2. The van der Waals surface area contributed by atoms with E-state index in [0.717, 1.165) is 24.8 Å². The van der Waals surface area contributed by atoms with Gasteiger partial charge in [-0.15, -0.1) is 0 Å². The number of nitrogens with zero attached hydrogens (tertiary/aromatic N) is 2. The van der Waals surface area contributed by atoms with E-state index in [0.29, 0.717) is 44.1 Å². The zero-order valence-electron chi connectivity index (χ0n) is 16.4. The minimum absolute atomic E-state index is 0.0693. The van der Waals surface area contributed by atoms with E-state index < -0.39 is 20.0 Å². The maximum Gasteiger partial charge on any atom is 0.243 e. The molecule has 1 aliphatic carbocycles. The van der Waals surface area contributed by atoms with Crippen LogP contribution in [0.3, 0.4) is 0 Å². The van der Waals surface area contributed by atoms with Gasteiger partial charge in [0.15, 0.2) is 0 Å². The Balaban J connectivity index is 1.60. The average molecular weight is 429 g/mol. The Hall–Kier alpha value is -1.00. The Kier molecular flexibility index (Phi) is 5.11. The number of methoxy groups -OCH3 is 1. The topological polar surface area (TPSA) is 84.0 Å². The first-order valence-corrected chi connectivity index (χ1v) is 13.0. The molecule has 28 heavy (non-hydrogen) atoms. The van der Waals surface area contributed by atoms with Crippen molar-refractivity contribution in [2.24, 2.45) is 11.3 Å². The van der Waals surface area contributed by atoms with Gasteiger partial charge in [0.1, 0.15) is 0 Å². The fourth-order valence-corrected chi connectivity index (χ4v) is 7.53. The van der Waals surface area contributed by atoms with Crippen LogP contribution in [0, 0.1) is 11.3 Å². The summed E-state index contributed by atoms with van der Waals surface area (Å²) in [5, 5.41) is 0. The molecule has 2 heterocycles. The Bertz CT molecular complexity index is 976. The molecule has 1 aromatic carbocycles. The molecule has 156 valence electrons. The standard InChI is InChI=1S/C19H28N2O5S2/c1-26-14-19-8-9-20(11-17(19)12-21(13-19)27(2,22)23)28(24,25)18-7-6-15-4-3-5-16(15)10-18/h6-7,10,17H,3-5,8-9,11-14H2,1-2H3/t17-,19+/m1/s1. The highest BCUT2D eigenvalue weighted by Gasteiger charge is 2.53. The first-order chi connectivity index (χ1) is 13.2. The van der Waals surface area contributed by atoms with E-state index in [2.05, 4.69) is 0 Å². The number of sulfonamides is 2. The van der Waals surface area contributed by atoms with Crippen LogP contribution in [0.25, 0.3) is 0 Å². The Morgan fingerprint density at radius 2 is 1.82 bits per heavy atom. The van der Waals surface area contributed by atoms with Crippen LogP contribution >= 0.6 is 0 Å². The number of rotatable bonds is 5. The normalized spacial score (nSPS) is 29.0. The zero-order chi connectivity index (χ0) is 20.2. The summed E-state index contributed by atoms with van der Waals surface area (Å²) in [7, 11) is -5.30. The van der Waals surface area contributed by atoms with Crippen molar-refractivity contribution in [3.8, 4) is 0 Å². The highest BCUT2D eigenvalue weighted by atomic mass is 32.2. The number of ether oxygens (including phenoxy) is 1. The molecule has 0 amide bonds. The van der Waals surface area contributed by atoms with Gasteiger partial charge in [0.05, 0.1) is 17.8 Å². The highest BCUT2D eigenvalue weighted by molar-refractivity contribution is 7.89. The molecule has 7 nitrogen and oxygen atoms in total. The van der Waals surface area contributed by atoms with E-state index in [9.17, 15) is 16.8 Å². The van der Waals surface area contributed by atoms with Gasteiger partial charge in [-0.3, -0.25) is 0 Å². The summed E-state index contributed by atoms with van der Waals surface area (Å²) in [6.07, 6.45) is 4.83. The molecule has 2 aliphatic heterocycles. The Morgan fingerprint density at radius 1 is 1.11 bits per heavy atom. The lowest BCUT2D eigenvalue weighted by atomic mass is 9.74. The second-order valence-electron chi connectivity index (χ2n) is 8.44. The maximum atomic E-state index is 13.3. The fourth-order valence-electron chi connectivity index (χ4n) is 5.06. The molecule has 0 spiro atoms. The van der Waals surface area contributed by atoms with Crippen molar-refractivity contribution in [3.63, 3.8) is 0 Å². The van der Waals surface area contributed by atoms with Crippen molar-refractivity contribution in [1.82, 2.24) is 8.61 Å². The quantitative estimate of drug-likeness (QED) is 0.701. The molecule has 0 radical (unpaired) electrons. The zero-order valence-corrected chi connectivity index (χ0v) is 18.1. The molecular formula is C19H28N2O5S2. The molecule has 3 aliphatic rings. The van der Waals surface area contributed by atoms with Gasteiger partial charge in [0.25, 0.3) is 0 Å². The van der Waals surface area contributed by atoms with Gasteiger partial charge >= 0.3 is 0 Å². The molecule has 2 fully saturated rings. The van der Waals surface area contributed by atoms with Gasteiger partial charge < -0.3 is 4.74 Å². The third kappa shape index (κ3) is 3.41. The summed E-state index contributed by atoms with van der Waals surface area (Å²) in [5.41, 5.74) is 2.06. The molecule has 4 rings (SSSR count). The minimum atomic E-state index is -3.59. The summed E-state index contributed by atoms with van der Waals surface area (Å²) < 4.78 is 59.2. The van der Waals surface area contributed by atoms with Crippen LogP contribution in [0.1, 0.15) is 24.0 Å². The average Bonchev–Trinajstić information content (AvgIpc) is 3.24. The predicted octanol–water partition coefficient (Wildman–Crippen LogP) is 1.09. The fraction of sp³-hybridized carbons (Fsp3) is 0.684. The molecule has 1 aromatic rings. The van der Waals surface area contributed by atoms with Crippen LogP contribution in [-0.4, -0.2) is 71.6 Å². The van der Waals surface area contributed by atoms with Crippen LogP contribution < -0.4 is 0 Å². The highest BCUT2D eigenvalue weighted by Crippen LogP contribution is 2.45. The predicted molar refractivity (Wildman–Crippen MR) is 106 cm³/mol. The smallest absolute Gasteiger partial charge is 0.243 e. The van der Waals surface area contributed by atoms with Crippen LogP contribution in [0.5, 0.6) is 0 Å². The van der Waals surface area contributed by atoms with E-state index in [1.807, 2.05) is 12.1 Å². The second-order valence-corrected chi connectivity index (χ2v) is 12.4. The van der Waals surface area contributed by atoms with Crippen molar-refractivity contribution in [2.45, 2.75) is 30.6 Å². The maximum absolute atomic E-state index is 13.3. The number of benzene rings is 1. The van der Waals surface area contributed by atoms with Crippen LogP contribution in [0.15, 0.2) is 23.1 Å². The van der Waals surface area contributed by atoms with Crippen molar-refractivity contribution in [2.75, 3.05) is 46.2 Å². The van der Waals surface area contributed by atoms with Gasteiger partial charge in [-0.05, 0) is 54.9 Å². The minimum Gasteiger partial charge on any atom is -0.384 e. The van der Waals surface area contributed by atoms with E-state index in [1.165, 1.54) is 20.4 Å². The lowest BCUT2D eigenvalue weighted by molar-refractivity contribution is 0.0209. The van der Waals surface area contributed by atoms with Gasteiger partial charge in [-0.2, -0.15) is 4.31 Å². The first-order valence-electron chi connectivity index (χ1n) is 9.72. The van der Waals surface area contributed by atoms with E-state index in [1.54, 1.807) is 13.2 Å². The molecule has 0 bridgehead atoms. The van der Waals surface area contributed by atoms with Crippen LogP contribution in [0.4, 0.5) is 0 Å². The number of hydrogen-bond acceptors (Lipinski definition) is 5. The Morgan fingerprint density at radius 3 is 2.54 bits per heavy atom. The number of piperidine rings is 1. The van der Waals surface area contributed by atoms with E-state index in [-0.39, 0.29) is 11.3 Å². The summed E-state index contributed by atoms with van der Waals surface area (Å²) in [6, 6.07) is 5.48. The third-order valence-electron chi connectivity index (χ3n) is 6.67. The lowest BCUT2D eigenvalue weighted by Crippen LogP contribution is -2.50. The van der Waals surface area contributed by atoms with Crippen molar-refractivity contribution >= 4 is 20.0 Å². The van der Waals surface area contributed by atoms with Crippen molar-refractivity contribution in [1.29, 1.82) is 0 Å². The third-order valence-corrected chi connectivity index (χ3v) is 9.75. The molecule has 0 aromatic heterocycles. The van der Waals surface area contributed by atoms with Crippen molar-refractivity contribution < 1.29 is 21.6 Å². The summed E-state index contributed by atoms with van der Waals surface area (Å²) >= 11 is 0.